The summed E-state index contributed by atoms with van der Waals surface area (Å²) in [6.45, 7) is 6.79. The number of amides is 1. The van der Waals surface area contributed by atoms with E-state index in [0.29, 0.717) is 0 Å². The molecule has 1 amide bonds. The van der Waals surface area contributed by atoms with Gasteiger partial charge >= 0.3 is 0 Å². The molecule has 150 valence electrons. The third-order valence-corrected chi connectivity index (χ3v) is 5.48. The molecule has 1 N–H and O–H groups in total. The molecule has 0 atom stereocenters. The number of benzene rings is 1. The van der Waals surface area contributed by atoms with Crippen LogP contribution in [0.1, 0.15) is 29.8 Å². The summed E-state index contributed by atoms with van der Waals surface area (Å²) in [6, 6.07) is 14.0. The van der Waals surface area contributed by atoms with Gasteiger partial charge in [-0.3, -0.25) is 14.7 Å². The van der Waals surface area contributed by atoms with E-state index in [-0.39, 0.29) is 11.8 Å². The molecule has 4 rings (SSSR count). The SMILES string of the molecule is Cc1cc(C)n(-c2ccc(NC(=O)C3CCN(Cc4cccnc4)CC3)cc2)n1. The Hall–Kier alpha value is -2.99. The molecule has 1 aliphatic heterocycles. The van der Waals surface area contributed by atoms with Gasteiger partial charge in [-0.1, -0.05) is 6.07 Å². The Morgan fingerprint density at radius 2 is 1.90 bits per heavy atom. The van der Waals surface area contributed by atoms with Crippen LogP contribution in [-0.2, 0) is 11.3 Å². The number of rotatable bonds is 5. The van der Waals surface area contributed by atoms with Crippen LogP contribution in [0.3, 0.4) is 0 Å². The second-order valence-electron chi connectivity index (χ2n) is 7.79. The largest absolute Gasteiger partial charge is 0.326 e. The molecule has 0 aliphatic carbocycles. The Balaban J connectivity index is 1.30. The average molecular weight is 390 g/mol. The van der Waals surface area contributed by atoms with Crippen LogP contribution in [0.5, 0.6) is 0 Å². The Labute approximate surface area is 171 Å². The quantitative estimate of drug-likeness (QED) is 0.722. The number of carbonyl (C=O) groups is 1. The maximum absolute atomic E-state index is 12.7. The van der Waals surface area contributed by atoms with Gasteiger partial charge in [-0.05, 0) is 81.7 Å². The summed E-state index contributed by atoms with van der Waals surface area (Å²) in [5.74, 6) is 0.181. The molecule has 6 heteroatoms. The number of carbonyl (C=O) groups excluding carboxylic acids is 1. The number of nitrogens with zero attached hydrogens (tertiary/aromatic N) is 4. The maximum atomic E-state index is 12.7. The summed E-state index contributed by atoms with van der Waals surface area (Å²) in [4.78, 5) is 19.3. The van der Waals surface area contributed by atoms with Crippen LogP contribution in [-0.4, -0.2) is 38.7 Å². The standard InChI is InChI=1S/C23H27N5O/c1-17-14-18(2)28(26-17)22-7-5-21(6-8-22)25-23(29)20-9-12-27(13-10-20)16-19-4-3-11-24-15-19/h3-8,11,14-15,20H,9-10,12-13,16H2,1-2H3,(H,25,29). The van der Waals surface area contributed by atoms with E-state index in [0.717, 1.165) is 55.2 Å². The molecule has 0 unspecified atom stereocenters. The lowest BCUT2D eigenvalue weighted by molar-refractivity contribution is -0.121. The molecule has 29 heavy (non-hydrogen) atoms. The van der Waals surface area contributed by atoms with Crippen molar-refractivity contribution in [2.75, 3.05) is 18.4 Å². The van der Waals surface area contributed by atoms with Crippen LogP contribution in [0, 0.1) is 19.8 Å². The minimum absolute atomic E-state index is 0.0656. The lowest BCUT2D eigenvalue weighted by Gasteiger charge is -2.31. The van der Waals surface area contributed by atoms with Gasteiger partial charge in [0.05, 0.1) is 11.4 Å². The highest BCUT2D eigenvalue weighted by molar-refractivity contribution is 5.92. The minimum Gasteiger partial charge on any atom is -0.326 e. The number of hydrogen-bond donors (Lipinski definition) is 1. The van der Waals surface area contributed by atoms with Crippen LogP contribution in [0.15, 0.2) is 54.9 Å². The van der Waals surface area contributed by atoms with Gasteiger partial charge in [-0.25, -0.2) is 4.68 Å². The summed E-state index contributed by atoms with van der Waals surface area (Å²) in [7, 11) is 0. The molecule has 0 bridgehead atoms. The molecule has 1 fully saturated rings. The summed E-state index contributed by atoms with van der Waals surface area (Å²) in [5.41, 5.74) is 5.14. The average Bonchev–Trinajstić information content (AvgIpc) is 3.08. The van der Waals surface area contributed by atoms with Crippen molar-refractivity contribution in [1.29, 1.82) is 0 Å². The second-order valence-corrected chi connectivity index (χ2v) is 7.79. The van der Waals surface area contributed by atoms with Crippen LogP contribution in [0.4, 0.5) is 5.69 Å². The first-order chi connectivity index (χ1) is 14.1. The van der Waals surface area contributed by atoms with Crippen molar-refractivity contribution < 1.29 is 4.79 Å². The highest BCUT2D eigenvalue weighted by atomic mass is 16.1. The Morgan fingerprint density at radius 3 is 2.52 bits per heavy atom. The Bertz CT molecular complexity index is 957. The highest BCUT2D eigenvalue weighted by Crippen LogP contribution is 2.22. The predicted molar refractivity (Wildman–Crippen MR) is 114 cm³/mol. The normalized spacial score (nSPS) is 15.4. The van der Waals surface area contributed by atoms with Crippen LogP contribution >= 0.6 is 0 Å². The van der Waals surface area contributed by atoms with Crippen molar-refractivity contribution in [3.05, 3.63) is 71.8 Å². The van der Waals surface area contributed by atoms with Crippen LogP contribution in [0.2, 0.25) is 0 Å². The van der Waals surface area contributed by atoms with Gasteiger partial charge in [0.1, 0.15) is 0 Å². The maximum Gasteiger partial charge on any atom is 0.227 e. The van der Waals surface area contributed by atoms with Gasteiger partial charge in [0.25, 0.3) is 0 Å². The number of piperidine rings is 1. The first-order valence-corrected chi connectivity index (χ1v) is 10.1. The first kappa shape index (κ1) is 19.3. The smallest absolute Gasteiger partial charge is 0.227 e. The summed E-state index contributed by atoms with van der Waals surface area (Å²) >= 11 is 0. The molecule has 1 aliphatic rings. The third-order valence-electron chi connectivity index (χ3n) is 5.48. The molecule has 1 saturated heterocycles. The van der Waals surface area contributed by atoms with Crippen molar-refractivity contribution in [1.82, 2.24) is 19.7 Å². The topological polar surface area (TPSA) is 63.1 Å². The predicted octanol–water partition coefficient (Wildman–Crippen LogP) is 3.73. The number of aryl methyl sites for hydroxylation is 2. The number of hydrogen-bond acceptors (Lipinski definition) is 4. The molecule has 1 aromatic carbocycles. The Morgan fingerprint density at radius 1 is 1.14 bits per heavy atom. The fourth-order valence-electron chi connectivity index (χ4n) is 3.92. The van der Waals surface area contributed by atoms with E-state index >= 15 is 0 Å². The third kappa shape index (κ3) is 4.71. The molecular formula is C23H27N5O. The zero-order valence-corrected chi connectivity index (χ0v) is 17.0. The molecule has 0 saturated carbocycles. The van der Waals surface area contributed by atoms with E-state index < -0.39 is 0 Å². The van der Waals surface area contributed by atoms with Gasteiger partial charge in [0, 0.05) is 36.2 Å². The fourth-order valence-corrected chi connectivity index (χ4v) is 3.92. The first-order valence-electron chi connectivity index (χ1n) is 10.1. The van der Waals surface area contributed by atoms with E-state index in [9.17, 15) is 4.79 Å². The number of aromatic nitrogens is 3. The lowest BCUT2D eigenvalue weighted by atomic mass is 9.95. The fraction of sp³-hybridized carbons (Fsp3) is 0.348. The van der Waals surface area contributed by atoms with E-state index in [1.807, 2.05) is 55.1 Å². The molecule has 3 aromatic rings. The summed E-state index contributed by atoms with van der Waals surface area (Å²) in [6.07, 6.45) is 5.48. The van der Waals surface area contributed by atoms with Gasteiger partial charge in [-0.2, -0.15) is 5.10 Å². The van der Waals surface area contributed by atoms with Gasteiger partial charge < -0.3 is 5.32 Å². The van der Waals surface area contributed by atoms with E-state index in [1.54, 1.807) is 6.20 Å². The summed E-state index contributed by atoms with van der Waals surface area (Å²) in [5, 5.41) is 7.58. The number of pyridine rings is 1. The van der Waals surface area contributed by atoms with Crippen LogP contribution in [0.25, 0.3) is 5.69 Å². The molecule has 6 nitrogen and oxygen atoms in total. The van der Waals surface area contributed by atoms with E-state index in [1.165, 1.54) is 5.56 Å². The van der Waals surface area contributed by atoms with Crippen molar-refractivity contribution in [2.24, 2.45) is 5.92 Å². The number of nitrogens with one attached hydrogen (secondary N) is 1. The van der Waals surface area contributed by atoms with Gasteiger partial charge in [0.15, 0.2) is 0 Å². The van der Waals surface area contributed by atoms with Crippen molar-refractivity contribution in [3.8, 4) is 5.69 Å². The lowest BCUT2D eigenvalue weighted by Crippen LogP contribution is -2.37. The van der Waals surface area contributed by atoms with Crippen molar-refractivity contribution in [2.45, 2.75) is 33.2 Å². The van der Waals surface area contributed by atoms with Crippen LogP contribution < -0.4 is 5.32 Å². The molecule has 2 aromatic heterocycles. The zero-order chi connectivity index (χ0) is 20.2. The highest BCUT2D eigenvalue weighted by Gasteiger charge is 2.25. The number of anilines is 1. The van der Waals surface area contributed by atoms with Gasteiger partial charge in [0.2, 0.25) is 5.91 Å². The Kier molecular flexibility index (Phi) is 5.71. The summed E-state index contributed by atoms with van der Waals surface area (Å²) < 4.78 is 1.92. The molecule has 3 heterocycles. The van der Waals surface area contributed by atoms with E-state index in [4.69, 9.17) is 0 Å². The monoisotopic (exact) mass is 389 g/mol. The second kappa shape index (κ2) is 8.57. The molecule has 0 radical (unpaired) electrons. The van der Waals surface area contributed by atoms with Crippen molar-refractivity contribution in [3.63, 3.8) is 0 Å². The molecular weight excluding hydrogens is 362 g/mol. The number of likely N-dealkylation sites (tertiary alicyclic amines) is 1. The minimum atomic E-state index is 0.0656. The van der Waals surface area contributed by atoms with Gasteiger partial charge in [-0.15, -0.1) is 0 Å². The zero-order valence-electron chi connectivity index (χ0n) is 17.0. The van der Waals surface area contributed by atoms with Crippen molar-refractivity contribution >= 4 is 11.6 Å². The molecule has 0 spiro atoms. The van der Waals surface area contributed by atoms with E-state index in [2.05, 4.69) is 32.4 Å².